The van der Waals surface area contributed by atoms with Gasteiger partial charge < -0.3 is 10.2 Å². The Bertz CT molecular complexity index is 190. The van der Waals surface area contributed by atoms with Crippen LogP contribution in [-0.4, -0.2) is 22.3 Å². The molecule has 2 fully saturated rings. The largest absolute Gasteiger partial charge is 0.481 e. The quantitative estimate of drug-likeness (QED) is 0.580. The van der Waals surface area contributed by atoms with Crippen LogP contribution >= 0.6 is 0 Å². The van der Waals surface area contributed by atoms with Gasteiger partial charge in [-0.1, -0.05) is 0 Å². The van der Waals surface area contributed by atoms with E-state index in [1.54, 1.807) is 0 Å². The number of aliphatic hydroxyl groups excluding tert-OH is 1. The van der Waals surface area contributed by atoms with Gasteiger partial charge in [0.25, 0.3) is 0 Å². The Morgan fingerprint density at radius 3 is 2.36 bits per heavy atom. The maximum atomic E-state index is 10.7. The summed E-state index contributed by atoms with van der Waals surface area (Å²) in [6.45, 7) is 0. The molecule has 2 aliphatic carbocycles. The van der Waals surface area contributed by atoms with Crippen molar-refractivity contribution >= 4 is 5.97 Å². The Labute approximate surface area is 65.0 Å². The van der Waals surface area contributed by atoms with Gasteiger partial charge >= 0.3 is 5.97 Å². The topological polar surface area (TPSA) is 57.5 Å². The SMILES string of the molecule is O=C(O)[C@H]1[C@@H]2CC[C@H]1[C@@H](O)C2. The normalized spacial score (nSPS) is 48.1. The van der Waals surface area contributed by atoms with Crippen LogP contribution in [0.5, 0.6) is 0 Å². The van der Waals surface area contributed by atoms with Crippen molar-refractivity contribution in [2.75, 3.05) is 0 Å². The highest BCUT2D eigenvalue weighted by Crippen LogP contribution is 2.49. The van der Waals surface area contributed by atoms with Crippen LogP contribution in [0, 0.1) is 17.8 Å². The Morgan fingerprint density at radius 1 is 1.36 bits per heavy atom. The molecule has 0 unspecified atom stereocenters. The lowest BCUT2D eigenvalue weighted by Gasteiger charge is -2.14. The maximum Gasteiger partial charge on any atom is 0.307 e. The molecule has 11 heavy (non-hydrogen) atoms. The smallest absolute Gasteiger partial charge is 0.307 e. The second-order valence-electron chi connectivity index (χ2n) is 3.67. The van der Waals surface area contributed by atoms with Crippen LogP contribution in [-0.2, 0) is 4.79 Å². The number of aliphatic carboxylic acids is 1. The third-order valence-corrected chi connectivity index (χ3v) is 3.16. The van der Waals surface area contributed by atoms with Gasteiger partial charge in [-0.3, -0.25) is 4.79 Å². The van der Waals surface area contributed by atoms with Crippen LogP contribution in [0.2, 0.25) is 0 Å². The number of rotatable bonds is 1. The van der Waals surface area contributed by atoms with Crippen LogP contribution in [0.4, 0.5) is 0 Å². The van der Waals surface area contributed by atoms with Gasteiger partial charge in [0.05, 0.1) is 12.0 Å². The van der Waals surface area contributed by atoms with E-state index < -0.39 is 5.97 Å². The lowest BCUT2D eigenvalue weighted by atomic mass is 9.97. The Morgan fingerprint density at radius 2 is 2.09 bits per heavy atom. The predicted molar refractivity (Wildman–Crippen MR) is 38.0 cm³/mol. The number of hydrogen-bond donors (Lipinski definition) is 2. The van der Waals surface area contributed by atoms with Gasteiger partial charge in [-0.2, -0.15) is 0 Å². The summed E-state index contributed by atoms with van der Waals surface area (Å²) in [6.07, 6.45) is 2.28. The second kappa shape index (κ2) is 2.21. The minimum absolute atomic E-state index is 0.0532. The minimum atomic E-state index is -0.714. The fourth-order valence-corrected chi connectivity index (χ4v) is 2.68. The number of carboxylic acids is 1. The second-order valence-corrected chi connectivity index (χ2v) is 3.67. The molecule has 0 aliphatic heterocycles. The summed E-state index contributed by atoms with van der Waals surface area (Å²) in [7, 11) is 0. The highest BCUT2D eigenvalue weighted by atomic mass is 16.4. The molecule has 2 aliphatic rings. The molecule has 0 heterocycles. The van der Waals surface area contributed by atoms with Gasteiger partial charge in [0.15, 0.2) is 0 Å². The molecule has 0 aromatic heterocycles. The lowest BCUT2D eigenvalue weighted by molar-refractivity contribution is -0.143. The van der Waals surface area contributed by atoms with Crippen molar-refractivity contribution < 1.29 is 15.0 Å². The van der Waals surface area contributed by atoms with Crippen molar-refractivity contribution in [1.29, 1.82) is 0 Å². The molecule has 0 amide bonds. The molecule has 2 saturated carbocycles. The summed E-state index contributed by atoms with van der Waals surface area (Å²) in [5, 5.41) is 18.2. The molecule has 0 spiro atoms. The first-order chi connectivity index (χ1) is 5.20. The number of hydrogen-bond acceptors (Lipinski definition) is 2. The van der Waals surface area contributed by atoms with E-state index in [1.807, 2.05) is 0 Å². The van der Waals surface area contributed by atoms with Gasteiger partial charge in [-0.25, -0.2) is 0 Å². The third-order valence-electron chi connectivity index (χ3n) is 3.16. The zero-order valence-electron chi connectivity index (χ0n) is 6.23. The van der Waals surface area contributed by atoms with E-state index >= 15 is 0 Å². The van der Waals surface area contributed by atoms with E-state index in [1.165, 1.54) is 0 Å². The standard InChI is InChI=1S/C8H12O3/c9-6-3-4-1-2-5(6)7(4)8(10)11/h4-7,9H,1-3H2,(H,10,11)/t4-,5+,6+,7+/m1/s1. The van der Waals surface area contributed by atoms with Gasteiger partial charge in [0.2, 0.25) is 0 Å². The van der Waals surface area contributed by atoms with Crippen LogP contribution in [0.25, 0.3) is 0 Å². The van der Waals surface area contributed by atoms with Crippen LogP contribution in [0.1, 0.15) is 19.3 Å². The fourth-order valence-electron chi connectivity index (χ4n) is 2.68. The predicted octanol–water partition coefficient (Wildman–Crippen LogP) is 0.478. The van der Waals surface area contributed by atoms with Crippen LogP contribution in [0.3, 0.4) is 0 Å². The molecule has 3 nitrogen and oxygen atoms in total. The van der Waals surface area contributed by atoms with E-state index in [4.69, 9.17) is 5.11 Å². The first kappa shape index (κ1) is 7.10. The van der Waals surface area contributed by atoms with E-state index in [0.717, 1.165) is 12.8 Å². The molecule has 62 valence electrons. The maximum absolute atomic E-state index is 10.7. The summed E-state index contributed by atoms with van der Waals surface area (Å²) in [5.74, 6) is -0.649. The molecule has 0 aromatic rings. The molecular formula is C8H12O3. The first-order valence-corrected chi connectivity index (χ1v) is 4.11. The molecule has 2 bridgehead atoms. The molecular weight excluding hydrogens is 144 g/mol. The monoisotopic (exact) mass is 156 g/mol. The molecule has 3 heteroatoms. The molecule has 0 aromatic carbocycles. The molecule has 2 rings (SSSR count). The Hall–Kier alpha value is -0.570. The van der Waals surface area contributed by atoms with Crippen LogP contribution < -0.4 is 0 Å². The fraction of sp³-hybridized carbons (Fsp3) is 0.875. The number of aliphatic hydroxyl groups is 1. The zero-order valence-corrected chi connectivity index (χ0v) is 6.23. The summed E-state index contributed by atoms with van der Waals surface area (Å²) in [6, 6.07) is 0. The summed E-state index contributed by atoms with van der Waals surface area (Å²) in [4.78, 5) is 10.7. The molecule has 2 N–H and O–H groups in total. The highest BCUT2D eigenvalue weighted by Gasteiger charge is 2.50. The van der Waals surface area contributed by atoms with Crippen molar-refractivity contribution in [3.8, 4) is 0 Å². The van der Waals surface area contributed by atoms with Gasteiger partial charge in [-0.15, -0.1) is 0 Å². The molecule has 0 radical (unpaired) electrons. The van der Waals surface area contributed by atoms with Crippen molar-refractivity contribution in [2.24, 2.45) is 17.8 Å². The number of fused-ring (bicyclic) bond motifs is 2. The van der Waals surface area contributed by atoms with Crippen molar-refractivity contribution in [2.45, 2.75) is 25.4 Å². The molecule has 0 saturated heterocycles. The lowest BCUT2D eigenvalue weighted by Crippen LogP contribution is -2.22. The Kier molecular flexibility index (Phi) is 1.42. The summed E-state index contributed by atoms with van der Waals surface area (Å²) in [5.41, 5.74) is 0. The Balaban J connectivity index is 2.19. The average Bonchev–Trinajstić information content (AvgIpc) is 2.41. The summed E-state index contributed by atoms with van der Waals surface area (Å²) >= 11 is 0. The number of carbonyl (C=O) groups is 1. The van der Waals surface area contributed by atoms with E-state index in [2.05, 4.69) is 0 Å². The van der Waals surface area contributed by atoms with Gasteiger partial charge in [0.1, 0.15) is 0 Å². The van der Waals surface area contributed by atoms with E-state index in [0.29, 0.717) is 6.42 Å². The van der Waals surface area contributed by atoms with Gasteiger partial charge in [0, 0.05) is 0 Å². The minimum Gasteiger partial charge on any atom is -0.481 e. The van der Waals surface area contributed by atoms with Crippen LogP contribution in [0.15, 0.2) is 0 Å². The van der Waals surface area contributed by atoms with E-state index in [-0.39, 0.29) is 23.9 Å². The van der Waals surface area contributed by atoms with E-state index in [9.17, 15) is 9.90 Å². The van der Waals surface area contributed by atoms with Crippen molar-refractivity contribution in [1.82, 2.24) is 0 Å². The third kappa shape index (κ3) is 0.872. The van der Waals surface area contributed by atoms with Crippen molar-refractivity contribution in [3.63, 3.8) is 0 Å². The highest BCUT2D eigenvalue weighted by molar-refractivity contribution is 5.71. The first-order valence-electron chi connectivity index (χ1n) is 4.11. The zero-order chi connectivity index (χ0) is 8.01. The van der Waals surface area contributed by atoms with Crippen molar-refractivity contribution in [3.05, 3.63) is 0 Å². The average molecular weight is 156 g/mol. The summed E-state index contributed by atoms with van der Waals surface area (Å²) < 4.78 is 0. The molecule has 4 atom stereocenters. The number of carboxylic acid groups (broad SMARTS) is 1. The van der Waals surface area contributed by atoms with Gasteiger partial charge in [-0.05, 0) is 31.1 Å².